The maximum atomic E-state index is 14.8. The summed E-state index contributed by atoms with van der Waals surface area (Å²) in [6.07, 6.45) is 5.38. The highest BCUT2D eigenvalue weighted by Gasteiger charge is 2.51. The minimum absolute atomic E-state index is 0. The molecule has 0 radical (unpaired) electrons. The average molecular weight is 1150 g/mol. The smallest absolute Gasteiger partial charge is 0.477 e. The summed E-state index contributed by atoms with van der Waals surface area (Å²) in [5.41, 5.74) is -2.04. The lowest BCUT2D eigenvalue weighted by Crippen LogP contribution is -2.46. The first-order chi connectivity index (χ1) is 34.2. The number of carboxylic acid groups (broad SMARTS) is 1. The molecule has 0 spiro atoms. The number of hydrogen-bond donors (Lipinski definition) is 3. The lowest BCUT2D eigenvalue weighted by molar-refractivity contribution is -0.0477. The van der Waals surface area contributed by atoms with Gasteiger partial charge in [-0.3, -0.25) is 23.6 Å². The van der Waals surface area contributed by atoms with E-state index in [1.807, 2.05) is 13.8 Å². The van der Waals surface area contributed by atoms with E-state index in [0.717, 1.165) is 16.1 Å². The Kier molecular flexibility index (Phi) is 18.4. The monoisotopic (exact) mass is 1150 g/mol. The van der Waals surface area contributed by atoms with E-state index in [2.05, 4.69) is 25.5 Å². The van der Waals surface area contributed by atoms with Gasteiger partial charge in [0, 0.05) is 25.5 Å². The summed E-state index contributed by atoms with van der Waals surface area (Å²) in [4.78, 5) is 32.6. The molecule has 8 rings (SSSR count). The zero-order valence-corrected chi connectivity index (χ0v) is 42.2. The van der Waals surface area contributed by atoms with Gasteiger partial charge in [0.1, 0.15) is 30.0 Å². The van der Waals surface area contributed by atoms with Crippen LogP contribution in [0, 0.1) is 11.6 Å². The van der Waals surface area contributed by atoms with Gasteiger partial charge in [0.2, 0.25) is 0 Å². The first kappa shape index (κ1) is 58.4. The molecule has 6 aromatic rings. The van der Waals surface area contributed by atoms with Gasteiger partial charge in [0.25, 0.3) is 5.91 Å². The first-order valence-electron chi connectivity index (χ1n) is 21.1. The molecule has 1 amide bonds. The summed E-state index contributed by atoms with van der Waals surface area (Å²) in [6.45, 7) is 2.25. The van der Waals surface area contributed by atoms with Crippen molar-refractivity contribution in [3.63, 3.8) is 0 Å². The lowest BCUT2D eigenvalue weighted by atomic mass is 10.1. The molecule has 74 heavy (non-hydrogen) atoms. The maximum Gasteiger partial charge on any atom is 0.516 e. The molecule has 4 aromatic heterocycles. The molecule has 4 N–H and O–H groups in total. The fourth-order valence-corrected chi connectivity index (χ4v) is 8.92. The number of alkyl halides is 6. The second-order valence-corrected chi connectivity index (χ2v) is 19.8. The SMILES string of the molecule is CCc1nc2c(Cl)cccn2c1C(=O)NCc1ccc(N2CCN(S(=O)(=O)C(F)(F)F)C=N2)c(F)c1.CCc1nc2c(Cl)cccn2c1C(=O)O.Cl.NCc1ccc(N2CCN(S(=O)(=O)C(F)(F)F)C=N2)c(F)c1. The van der Waals surface area contributed by atoms with Crippen LogP contribution in [0.3, 0.4) is 0 Å². The molecule has 0 fully saturated rings. The van der Waals surface area contributed by atoms with Crippen molar-refractivity contribution in [1.82, 2.24) is 32.7 Å². The van der Waals surface area contributed by atoms with Crippen molar-refractivity contribution in [2.75, 3.05) is 36.2 Å². The second-order valence-electron chi connectivity index (χ2n) is 15.2. The number of amides is 1. The van der Waals surface area contributed by atoms with Crippen molar-refractivity contribution < 1.29 is 66.7 Å². The minimum atomic E-state index is -5.57. The molecule has 0 bridgehead atoms. The topological polar surface area (TPSA) is 233 Å². The van der Waals surface area contributed by atoms with E-state index < -0.39 is 67.7 Å². The van der Waals surface area contributed by atoms with Crippen LogP contribution in [0.4, 0.5) is 46.5 Å². The fraction of sp³-hybridized carbons (Fsp3) is 0.286. The number of aryl methyl sites for hydroxylation is 2. The zero-order valence-electron chi connectivity index (χ0n) is 38.2. The van der Waals surface area contributed by atoms with Crippen molar-refractivity contribution in [3.8, 4) is 0 Å². The third-order valence-electron chi connectivity index (χ3n) is 10.6. The number of fused-ring (bicyclic) bond motifs is 2. The van der Waals surface area contributed by atoms with Crippen molar-refractivity contribution in [1.29, 1.82) is 0 Å². The molecule has 2 aromatic carbocycles. The first-order valence-corrected chi connectivity index (χ1v) is 24.8. The predicted molar refractivity (Wildman–Crippen MR) is 260 cm³/mol. The number of carbonyl (C=O) groups is 2. The Morgan fingerprint density at radius 2 is 1.11 bits per heavy atom. The van der Waals surface area contributed by atoms with Crippen LogP contribution in [0.15, 0.2) is 83.3 Å². The van der Waals surface area contributed by atoms with Gasteiger partial charge in [-0.25, -0.2) is 32.2 Å². The predicted octanol–water partition coefficient (Wildman–Crippen LogP) is 7.40. The Labute approximate surface area is 432 Å². The van der Waals surface area contributed by atoms with Gasteiger partial charge in [0.15, 0.2) is 17.0 Å². The number of carboxylic acids is 1. The third-order valence-corrected chi connectivity index (χ3v) is 14.2. The average Bonchev–Trinajstić information content (AvgIpc) is 3.94. The van der Waals surface area contributed by atoms with Gasteiger partial charge in [0.05, 0.1) is 59.0 Å². The summed E-state index contributed by atoms with van der Waals surface area (Å²) in [5.74, 6) is -2.81. The Morgan fingerprint density at radius 3 is 1.49 bits per heavy atom. The Morgan fingerprint density at radius 1 is 0.689 bits per heavy atom. The molecule has 0 aliphatic carbocycles. The highest BCUT2D eigenvalue weighted by atomic mass is 35.5. The van der Waals surface area contributed by atoms with Crippen LogP contribution in [0.1, 0.15) is 57.3 Å². The number of anilines is 2. The van der Waals surface area contributed by atoms with Crippen molar-refractivity contribution in [3.05, 3.63) is 129 Å². The van der Waals surface area contributed by atoms with Gasteiger partial charge < -0.3 is 16.2 Å². The molecule has 32 heteroatoms. The summed E-state index contributed by atoms with van der Waals surface area (Å²) in [6, 6.07) is 14.8. The van der Waals surface area contributed by atoms with E-state index in [1.54, 1.807) is 47.1 Å². The number of aromatic nitrogens is 4. The largest absolute Gasteiger partial charge is 0.516 e. The van der Waals surface area contributed by atoms with Gasteiger partial charge in [-0.2, -0.15) is 53.4 Å². The minimum Gasteiger partial charge on any atom is -0.477 e. The van der Waals surface area contributed by atoms with Crippen molar-refractivity contribution in [2.24, 2.45) is 15.9 Å². The molecule has 0 atom stereocenters. The highest BCUT2D eigenvalue weighted by Crippen LogP contribution is 2.31. The number of hydrazone groups is 2. The molecule has 19 nitrogen and oxygen atoms in total. The number of nitrogens with one attached hydrogen (secondary N) is 1. The molecular weight excluding hydrogens is 1110 g/mol. The van der Waals surface area contributed by atoms with Crippen LogP contribution < -0.4 is 21.1 Å². The number of rotatable bonds is 11. The quantitative estimate of drug-likeness (QED) is 0.108. The number of sulfonamides is 2. The molecule has 0 saturated carbocycles. The van der Waals surface area contributed by atoms with Gasteiger partial charge in [-0.05, 0) is 72.5 Å². The number of imidazole rings is 2. The number of pyridine rings is 2. The van der Waals surface area contributed by atoms with E-state index in [9.17, 15) is 61.5 Å². The number of aromatic carboxylic acids is 1. The Hall–Kier alpha value is -6.53. The van der Waals surface area contributed by atoms with Crippen LogP contribution >= 0.6 is 35.6 Å². The number of carbonyl (C=O) groups excluding carboxylic acids is 1. The number of benzene rings is 2. The lowest BCUT2D eigenvalue weighted by Gasteiger charge is -2.29. The Bertz CT molecular complexity index is 3340. The normalized spacial score (nSPS) is 14.1. The van der Waals surface area contributed by atoms with Crippen LogP contribution in [-0.2, 0) is 46.0 Å². The van der Waals surface area contributed by atoms with E-state index in [-0.39, 0.29) is 64.3 Å². The third kappa shape index (κ3) is 12.3. The van der Waals surface area contributed by atoms with Crippen LogP contribution in [0.25, 0.3) is 11.3 Å². The van der Waals surface area contributed by atoms with Crippen molar-refractivity contribution >= 4 is 103 Å². The molecular formula is C42H41Cl3F8N12O7S2. The molecule has 6 heterocycles. The van der Waals surface area contributed by atoms with Crippen molar-refractivity contribution in [2.45, 2.75) is 50.8 Å². The van der Waals surface area contributed by atoms with Gasteiger partial charge in [-0.15, -0.1) is 12.4 Å². The molecule has 2 aliphatic rings. The fourth-order valence-electron chi connectivity index (χ4n) is 7.00. The van der Waals surface area contributed by atoms with Gasteiger partial charge in [-0.1, -0.05) is 49.2 Å². The van der Waals surface area contributed by atoms with Crippen LogP contribution in [0.5, 0.6) is 0 Å². The highest BCUT2D eigenvalue weighted by molar-refractivity contribution is 7.90. The number of hydrogen-bond acceptors (Lipinski definition) is 13. The molecule has 0 unspecified atom stereocenters. The standard InChI is InChI=1S/C21H19ClF4N6O3S.C11H12F4N4O2S.C10H9ClN2O2.ClH/c1-2-16-18(31-7-3-4-14(22)19(31)29-16)20(33)27-11-13-5-6-17(15(23)10-13)32-9-8-30(12-28-32)36(34,35)21(24,25)26;12-9-5-8(6-16)1-2-10(9)19-4-3-18(7-17-19)22(20,21)11(13,14)15;1-2-7-8(10(14)15)13-5-3-4-6(11)9(13)12-7;/h3-7,10,12H,2,8-9,11H2,1H3,(H,27,33);1-2,5,7H,3-4,6,16H2;3-5H,2H2,1H3,(H,14,15);1H. The van der Waals surface area contributed by atoms with E-state index >= 15 is 0 Å². The zero-order chi connectivity index (χ0) is 53.8. The summed E-state index contributed by atoms with van der Waals surface area (Å²) in [7, 11) is -11.0. The molecule has 2 aliphatic heterocycles. The molecule has 0 saturated heterocycles. The summed E-state index contributed by atoms with van der Waals surface area (Å²) in [5, 5.41) is 22.0. The molecule has 400 valence electrons. The van der Waals surface area contributed by atoms with E-state index in [0.29, 0.717) is 75.1 Å². The maximum absolute atomic E-state index is 14.8. The second kappa shape index (κ2) is 23.3. The van der Waals surface area contributed by atoms with E-state index in [1.165, 1.54) is 28.7 Å². The van der Waals surface area contributed by atoms with Gasteiger partial charge >= 0.3 is 37.0 Å². The number of nitrogens with two attached hydrogens (primary N) is 1. The van der Waals surface area contributed by atoms with E-state index in [4.69, 9.17) is 34.0 Å². The summed E-state index contributed by atoms with van der Waals surface area (Å²) < 4.78 is 153. The number of halogens is 11. The summed E-state index contributed by atoms with van der Waals surface area (Å²) >= 11 is 12.1. The number of nitrogens with zero attached hydrogens (tertiary/aromatic N) is 10. The Balaban J connectivity index is 0.000000226. The van der Waals surface area contributed by atoms with Crippen LogP contribution in [-0.4, -0.2) is 111 Å². The van der Waals surface area contributed by atoms with Crippen LogP contribution in [0.2, 0.25) is 10.0 Å².